The highest BCUT2D eigenvalue weighted by atomic mass is 16.5. The molecule has 0 unspecified atom stereocenters. The Morgan fingerprint density at radius 1 is 1.23 bits per heavy atom. The van der Waals surface area contributed by atoms with Crippen molar-refractivity contribution in [2.75, 3.05) is 10.6 Å². The van der Waals surface area contributed by atoms with Gasteiger partial charge in [-0.25, -0.2) is 0 Å². The van der Waals surface area contributed by atoms with Gasteiger partial charge >= 0.3 is 0 Å². The molecular formula is C23H30N4O4. The molecule has 2 aromatic rings. The number of nitrogens with one attached hydrogen (secondary N) is 3. The molecule has 1 aromatic carbocycles. The van der Waals surface area contributed by atoms with E-state index in [0.717, 1.165) is 48.2 Å². The highest BCUT2D eigenvalue weighted by Gasteiger charge is 2.30. The Morgan fingerprint density at radius 3 is 2.58 bits per heavy atom. The van der Waals surface area contributed by atoms with Crippen LogP contribution in [0.5, 0.6) is 0 Å². The van der Waals surface area contributed by atoms with Gasteiger partial charge in [0.05, 0.1) is 22.7 Å². The van der Waals surface area contributed by atoms with E-state index in [9.17, 15) is 14.7 Å². The van der Waals surface area contributed by atoms with Gasteiger partial charge < -0.3 is 25.6 Å². The van der Waals surface area contributed by atoms with Gasteiger partial charge in [-0.05, 0) is 70.6 Å². The molecule has 1 aliphatic carbocycles. The fraction of sp³-hybridized carbons (Fsp3) is 0.522. The number of amides is 2. The zero-order valence-electron chi connectivity index (χ0n) is 18.2. The molecule has 2 aliphatic rings. The quantitative estimate of drug-likeness (QED) is 0.583. The van der Waals surface area contributed by atoms with Crippen LogP contribution in [0.2, 0.25) is 0 Å². The van der Waals surface area contributed by atoms with Crippen molar-refractivity contribution in [2.45, 2.75) is 77.0 Å². The third-order valence-electron chi connectivity index (χ3n) is 6.33. The number of rotatable bonds is 5. The van der Waals surface area contributed by atoms with Crippen LogP contribution in [-0.4, -0.2) is 39.8 Å². The lowest BCUT2D eigenvalue weighted by Gasteiger charge is -2.34. The van der Waals surface area contributed by atoms with Crippen LogP contribution in [0, 0.1) is 13.8 Å². The number of hydrogen-bond donors (Lipinski definition) is 4. The van der Waals surface area contributed by atoms with Crippen LogP contribution in [0.25, 0.3) is 11.1 Å². The van der Waals surface area contributed by atoms with Gasteiger partial charge in [-0.3, -0.25) is 9.59 Å². The van der Waals surface area contributed by atoms with E-state index >= 15 is 0 Å². The van der Waals surface area contributed by atoms with E-state index < -0.39 is 11.6 Å². The van der Waals surface area contributed by atoms with Crippen LogP contribution in [0.15, 0.2) is 22.7 Å². The van der Waals surface area contributed by atoms with Crippen LogP contribution >= 0.6 is 0 Å². The summed E-state index contributed by atoms with van der Waals surface area (Å²) in [6.45, 7) is 5.63. The first-order chi connectivity index (χ1) is 14.7. The molecule has 1 saturated heterocycles. The molecule has 31 heavy (non-hydrogen) atoms. The van der Waals surface area contributed by atoms with Crippen molar-refractivity contribution in [3.05, 3.63) is 29.7 Å². The summed E-state index contributed by atoms with van der Waals surface area (Å²) in [5.41, 5.74) is 3.46. The van der Waals surface area contributed by atoms with E-state index in [-0.39, 0.29) is 17.9 Å². The lowest BCUT2D eigenvalue weighted by molar-refractivity contribution is -0.122. The van der Waals surface area contributed by atoms with Gasteiger partial charge in [0.25, 0.3) is 0 Å². The molecule has 166 valence electrons. The fourth-order valence-corrected chi connectivity index (χ4v) is 4.46. The molecule has 1 aliphatic heterocycles. The minimum absolute atomic E-state index is 0.0998. The van der Waals surface area contributed by atoms with Crippen LogP contribution in [0.4, 0.5) is 11.4 Å². The summed E-state index contributed by atoms with van der Waals surface area (Å²) >= 11 is 0. The van der Waals surface area contributed by atoms with Gasteiger partial charge in [0.2, 0.25) is 11.8 Å². The maximum Gasteiger partial charge on any atom is 0.247 e. The highest BCUT2D eigenvalue weighted by Crippen LogP contribution is 2.35. The summed E-state index contributed by atoms with van der Waals surface area (Å²) in [4.78, 5) is 24.3. The summed E-state index contributed by atoms with van der Waals surface area (Å²) in [5.74, 6) is 0.390. The Labute approximate surface area is 181 Å². The summed E-state index contributed by atoms with van der Waals surface area (Å²) in [7, 11) is 0. The highest BCUT2D eigenvalue weighted by molar-refractivity contribution is 6.01. The molecule has 1 atom stereocenters. The van der Waals surface area contributed by atoms with Crippen molar-refractivity contribution < 1.29 is 19.2 Å². The van der Waals surface area contributed by atoms with Gasteiger partial charge in [-0.1, -0.05) is 11.2 Å². The second-order valence-electron chi connectivity index (χ2n) is 9.02. The maximum atomic E-state index is 12.8. The summed E-state index contributed by atoms with van der Waals surface area (Å²) in [5, 5.41) is 23.5. The topological polar surface area (TPSA) is 116 Å². The number of hydrogen-bond acceptors (Lipinski definition) is 6. The second-order valence-corrected chi connectivity index (χ2v) is 9.02. The second kappa shape index (κ2) is 8.34. The molecule has 2 fully saturated rings. The zero-order valence-corrected chi connectivity index (χ0v) is 18.2. The summed E-state index contributed by atoms with van der Waals surface area (Å²) in [6.07, 6.45) is 4.03. The molecule has 0 bridgehead atoms. The lowest BCUT2D eigenvalue weighted by Crippen LogP contribution is -2.38. The van der Waals surface area contributed by atoms with Crippen LogP contribution in [0.3, 0.4) is 0 Å². The van der Waals surface area contributed by atoms with E-state index in [2.05, 4.69) is 21.1 Å². The van der Waals surface area contributed by atoms with Gasteiger partial charge in [0.15, 0.2) is 0 Å². The predicted octanol–water partition coefficient (Wildman–Crippen LogP) is 3.28. The van der Waals surface area contributed by atoms with E-state index in [1.807, 2.05) is 39.0 Å². The molecule has 0 radical (unpaired) electrons. The van der Waals surface area contributed by atoms with Crippen molar-refractivity contribution in [3.63, 3.8) is 0 Å². The minimum Gasteiger partial charge on any atom is -0.390 e. The molecule has 8 nitrogen and oxygen atoms in total. The smallest absolute Gasteiger partial charge is 0.247 e. The third-order valence-corrected chi connectivity index (χ3v) is 6.33. The third kappa shape index (κ3) is 4.74. The normalized spacial score (nSPS) is 25.9. The van der Waals surface area contributed by atoms with Gasteiger partial charge in [0.1, 0.15) is 11.8 Å². The van der Waals surface area contributed by atoms with Crippen molar-refractivity contribution in [1.29, 1.82) is 0 Å². The van der Waals surface area contributed by atoms with Crippen molar-refractivity contribution in [1.82, 2.24) is 10.5 Å². The Kier molecular flexibility index (Phi) is 5.75. The Hall–Kier alpha value is -2.87. The van der Waals surface area contributed by atoms with E-state index in [0.29, 0.717) is 24.3 Å². The molecule has 2 amide bonds. The van der Waals surface area contributed by atoms with Crippen molar-refractivity contribution in [2.24, 2.45) is 0 Å². The average Bonchev–Trinajstić information content (AvgIpc) is 3.30. The molecular weight excluding hydrogens is 396 g/mol. The Morgan fingerprint density at radius 2 is 1.97 bits per heavy atom. The van der Waals surface area contributed by atoms with E-state index in [1.165, 1.54) is 0 Å². The van der Waals surface area contributed by atoms with Crippen molar-refractivity contribution in [3.8, 4) is 11.1 Å². The molecule has 4 N–H and O–H groups in total. The zero-order chi connectivity index (χ0) is 22.2. The fourth-order valence-electron chi connectivity index (χ4n) is 4.46. The molecule has 1 aromatic heterocycles. The number of anilines is 2. The lowest BCUT2D eigenvalue weighted by atomic mass is 9.83. The predicted molar refractivity (Wildman–Crippen MR) is 118 cm³/mol. The van der Waals surface area contributed by atoms with E-state index in [1.54, 1.807) is 0 Å². The van der Waals surface area contributed by atoms with Crippen LogP contribution < -0.4 is 16.0 Å². The molecule has 8 heteroatoms. The molecule has 2 heterocycles. The maximum absolute atomic E-state index is 12.8. The van der Waals surface area contributed by atoms with Crippen molar-refractivity contribution >= 4 is 23.2 Å². The number of carbonyl (C=O) groups is 2. The Balaban J connectivity index is 1.60. The summed E-state index contributed by atoms with van der Waals surface area (Å²) < 4.78 is 5.31. The van der Waals surface area contributed by atoms with E-state index in [4.69, 9.17) is 4.52 Å². The van der Waals surface area contributed by atoms with Gasteiger partial charge in [0, 0.05) is 18.0 Å². The first-order valence-electron chi connectivity index (χ1n) is 10.9. The molecule has 4 rings (SSSR count). The average molecular weight is 427 g/mol. The number of nitrogens with zero attached hydrogens (tertiary/aromatic N) is 1. The Bertz CT molecular complexity index is 968. The number of aliphatic hydroxyl groups is 1. The first-order valence-corrected chi connectivity index (χ1v) is 10.9. The van der Waals surface area contributed by atoms with Crippen LogP contribution in [-0.2, 0) is 9.59 Å². The number of aryl methyl sites for hydroxylation is 2. The molecule has 1 saturated carbocycles. The number of aromatic nitrogens is 1. The van der Waals surface area contributed by atoms with Gasteiger partial charge in [-0.15, -0.1) is 0 Å². The number of benzene rings is 1. The SMILES string of the molecule is Cc1noc(C)c1-c1ccc(N[C@H]2CC[C@@](C)(O)CC2)c(NC(=O)[C@@H]2CCC(=O)N2)c1. The minimum atomic E-state index is -0.608. The largest absolute Gasteiger partial charge is 0.390 e. The van der Waals surface area contributed by atoms with Crippen LogP contribution in [0.1, 0.15) is 56.9 Å². The monoisotopic (exact) mass is 426 g/mol. The summed E-state index contributed by atoms with van der Waals surface area (Å²) in [6, 6.07) is 5.56. The van der Waals surface area contributed by atoms with Gasteiger partial charge in [-0.2, -0.15) is 0 Å². The first kappa shape index (κ1) is 21.4. The number of carbonyl (C=O) groups excluding carboxylic acids is 2. The molecule has 0 spiro atoms. The standard InChI is InChI=1S/C23H30N4O4/c1-13-21(14(2)31-27-13)15-4-5-17(24-16-8-10-23(3,30)11-9-16)19(12-15)26-22(29)18-6-7-20(28)25-18/h4-5,12,16,18,24,30H,6-11H2,1-3H3,(H,25,28)(H,26,29)/t16-,18-,23+/m0/s1.